The Morgan fingerprint density at radius 3 is 2.74 bits per heavy atom. The summed E-state index contributed by atoms with van der Waals surface area (Å²) in [6, 6.07) is 21.8. The second kappa shape index (κ2) is 8.16. The van der Waals surface area contributed by atoms with Crippen LogP contribution < -0.4 is 14.2 Å². The molecule has 2 aliphatic heterocycles. The van der Waals surface area contributed by atoms with Gasteiger partial charge >= 0.3 is 0 Å². The average molecular weight is 435 g/mol. The van der Waals surface area contributed by atoms with E-state index in [1.807, 2.05) is 66.5 Å². The third-order valence-corrected chi connectivity index (χ3v) is 5.85. The Kier molecular flexibility index (Phi) is 5.20. The first-order valence-electron chi connectivity index (χ1n) is 10.4. The van der Waals surface area contributed by atoms with Crippen LogP contribution in [-0.4, -0.2) is 24.4 Å². The van der Waals surface area contributed by atoms with E-state index in [-0.39, 0.29) is 6.04 Å². The highest BCUT2D eigenvalue weighted by atomic mass is 35.5. The summed E-state index contributed by atoms with van der Waals surface area (Å²) in [5.74, 6) is 2.34. The number of hydrogen-bond donors (Lipinski definition) is 0. The molecule has 2 aliphatic rings. The summed E-state index contributed by atoms with van der Waals surface area (Å²) >= 11 is 6.30. The van der Waals surface area contributed by atoms with Crippen molar-refractivity contribution in [1.29, 1.82) is 0 Å². The summed E-state index contributed by atoms with van der Waals surface area (Å²) in [5.41, 5.74) is 4.06. The fourth-order valence-corrected chi connectivity index (χ4v) is 4.41. The van der Waals surface area contributed by atoms with Gasteiger partial charge in [0, 0.05) is 28.1 Å². The first-order valence-corrected chi connectivity index (χ1v) is 10.7. The molecule has 2 heterocycles. The normalized spacial score (nSPS) is 19.2. The lowest BCUT2D eigenvalue weighted by molar-refractivity contribution is -0.0212. The molecule has 3 aromatic rings. The van der Waals surface area contributed by atoms with Crippen molar-refractivity contribution >= 4 is 17.3 Å². The molecular weight excluding hydrogens is 412 g/mol. The average Bonchev–Trinajstić information content (AvgIpc) is 3.25. The predicted octanol–water partition coefficient (Wildman–Crippen LogP) is 5.99. The first-order chi connectivity index (χ1) is 15.2. The highest BCUT2D eigenvalue weighted by Gasteiger charge is 2.42. The van der Waals surface area contributed by atoms with Crippen molar-refractivity contribution in [3.05, 3.63) is 88.4 Å². The molecule has 0 amide bonds. The van der Waals surface area contributed by atoms with Gasteiger partial charge in [0.05, 0.1) is 25.5 Å². The third-order valence-electron chi connectivity index (χ3n) is 5.62. The minimum atomic E-state index is -0.402. The van der Waals surface area contributed by atoms with Crippen LogP contribution in [0.1, 0.15) is 42.3 Å². The van der Waals surface area contributed by atoms with Gasteiger partial charge < -0.3 is 14.2 Å². The van der Waals surface area contributed by atoms with Gasteiger partial charge in [-0.3, -0.25) is 0 Å². The molecule has 0 radical (unpaired) electrons. The van der Waals surface area contributed by atoms with Crippen molar-refractivity contribution in [2.45, 2.75) is 25.6 Å². The predicted molar refractivity (Wildman–Crippen MR) is 121 cm³/mol. The molecule has 0 saturated carbocycles. The van der Waals surface area contributed by atoms with Crippen LogP contribution in [0, 0.1) is 0 Å². The lowest BCUT2D eigenvalue weighted by Crippen LogP contribution is -2.33. The van der Waals surface area contributed by atoms with Gasteiger partial charge in [0.1, 0.15) is 5.75 Å². The summed E-state index contributed by atoms with van der Waals surface area (Å²) < 4.78 is 17.8. The number of methoxy groups -OCH3 is 1. The van der Waals surface area contributed by atoms with E-state index in [0.717, 1.165) is 46.1 Å². The SMILES string of the molecule is CCOc1cccc2c1O[C@@H](c1cccc(Cl)c1)N1N=C(c3cccc(OC)c3)C[C@@H]21. The summed E-state index contributed by atoms with van der Waals surface area (Å²) in [6.07, 6.45) is 0.358. The molecule has 0 aliphatic carbocycles. The van der Waals surface area contributed by atoms with Gasteiger partial charge in [-0.25, -0.2) is 5.01 Å². The van der Waals surface area contributed by atoms with Crippen LogP contribution in [0.2, 0.25) is 5.02 Å². The number of hydrazone groups is 1. The Balaban J connectivity index is 1.61. The quantitative estimate of drug-likeness (QED) is 0.494. The van der Waals surface area contributed by atoms with Gasteiger partial charge in [-0.15, -0.1) is 0 Å². The molecule has 0 bridgehead atoms. The van der Waals surface area contributed by atoms with Crippen LogP contribution in [0.4, 0.5) is 0 Å². The summed E-state index contributed by atoms with van der Waals surface area (Å²) in [7, 11) is 1.67. The van der Waals surface area contributed by atoms with E-state index in [9.17, 15) is 0 Å². The first kappa shape index (κ1) is 19.8. The fourth-order valence-electron chi connectivity index (χ4n) is 4.21. The standard InChI is InChI=1S/C25H23ClN2O3/c1-3-30-23-12-6-11-20-22-15-21(16-7-5-10-19(14-16)29-2)27-28(22)25(31-24(20)23)17-8-4-9-18(26)13-17/h4-14,22,25H,3,15H2,1-2H3/t22-,25-/m0/s1. The van der Waals surface area contributed by atoms with E-state index in [1.54, 1.807) is 7.11 Å². The number of fused-ring (bicyclic) bond motifs is 3. The maximum atomic E-state index is 6.51. The van der Waals surface area contributed by atoms with E-state index in [2.05, 4.69) is 12.1 Å². The van der Waals surface area contributed by atoms with Crippen LogP contribution in [0.5, 0.6) is 17.2 Å². The maximum absolute atomic E-state index is 6.51. The molecule has 3 aromatic carbocycles. The van der Waals surface area contributed by atoms with Crippen molar-refractivity contribution in [2.75, 3.05) is 13.7 Å². The van der Waals surface area contributed by atoms with Crippen LogP contribution in [-0.2, 0) is 0 Å². The Bertz CT molecular complexity index is 1150. The number of rotatable bonds is 5. The Morgan fingerprint density at radius 2 is 1.94 bits per heavy atom. The number of nitrogens with zero attached hydrogens (tertiary/aromatic N) is 2. The lowest BCUT2D eigenvalue weighted by Gasteiger charge is -2.38. The van der Waals surface area contributed by atoms with Crippen molar-refractivity contribution in [1.82, 2.24) is 5.01 Å². The van der Waals surface area contributed by atoms with Crippen molar-refractivity contribution in [3.8, 4) is 17.2 Å². The monoisotopic (exact) mass is 434 g/mol. The number of hydrogen-bond acceptors (Lipinski definition) is 5. The van der Waals surface area contributed by atoms with Crippen LogP contribution in [0.15, 0.2) is 71.8 Å². The molecule has 5 nitrogen and oxygen atoms in total. The smallest absolute Gasteiger partial charge is 0.214 e. The molecule has 6 heteroatoms. The van der Waals surface area contributed by atoms with Crippen LogP contribution in [0.25, 0.3) is 0 Å². The molecule has 0 N–H and O–H groups in total. The number of para-hydroxylation sites is 1. The molecule has 0 fully saturated rings. The van der Waals surface area contributed by atoms with Gasteiger partial charge in [-0.1, -0.05) is 48.0 Å². The topological polar surface area (TPSA) is 43.3 Å². The maximum Gasteiger partial charge on any atom is 0.214 e. The van der Waals surface area contributed by atoms with Gasteiger partial charge in [-0.2, -0.15) is 5.10 Å². The lowest BCUT2D eigenvalue weighted by atomic mass is 9.95. The molecule has 0 saturated heterocycles. The van der Waals surface area contributed by atoms with E-state index in [0.29, 0.717) is 11.6 Å². The Hall–Kier alpha value is -3.18. The van der Waals surface area contributed by atoms with E-state index < -0.39 is 6.23 Å². The summed E-state index contributed by atoms with van der Waals surface area (Å²) in [6.45, 7) is 2.55. The minimum absolute atomic E-state index is 0.0364. The number of ether oxygens (including phenoxy) is 3. The zero-order chi connectivity index (χ0) is 21.4. The highest BCUT2D eigenvalue weighted by Crippen LogP contribution is 2.50. The van der Waals surface area contributed by atoms with Gasteiger partial charge in [-0.05, 0) is 37.3 Å². The molecule has 158 valence electrons. The Labute approximate surface area is 186 Å². The molecule has 0 spiro atoms. The van der Waals surface area contributed by atoms with Gasteiger partial charge in [0.25, 0.3) is 0 Å². The molecule has 5 rings (SSSR count). The van der Waals surface area contributed by atoms with Crippen LogP contribution >= 0.6 is 11.6 Å². The Morgan fingerprint density at radius 1 is 1.10 bits per heavy atom. The molecule has 31 heavy (non-hydrogen) atoms. The number of halogens is 1. The van der Waals surface area contributed by atoms with Gasteiger partial charge in [0.2, 0.25) is 6.23 Å². The minimum Gasteiger partial charge on any atom is -0.497 e. The van der Waals surface area contributed by atoms with Crippen molar-refractivity contribution < 1.29 is 14.2 Å². The van der Waals surface area contributed by atoms with E-state index in [4.69, 9.17) is 30.9 Å². The van der Waals surface area contributed by atoms with Crippen molar-refractivity contribution in [3.63, 3.8) is 0 Å². The highest BCUT2D eigenvalue weighted by molar-refractivity contribution is 6.30. The fraction of sp³-hybridized carbons (Fsp3) is 0.240. The van der Waals surface area contributed by atoms with Crippen LogP contribution in [0.3, 0.4) is 0 Å². The largest absolute Gasteiger partial charge is 0.497 e. The summed E-state index contributed by atoms with van der Waals surface area (Å²) in [5, 5.41) is 7.71. The zero-order valence-corrected chi connectivity index (χ0v) is 18.2. The molecular formula is C25H23ClN2O3. The number of benzene rings is 3. The third kappa shape index (κ3) is 3.59. The summed E-state index contributed by atoms with van der Waals surface area (Å²) in [4.78, 5) is 0. The second-order valence-electron chi connectivity index (χ2n) is 7.51. The molecule has 0 aromatic heterocycles. The van der Waals surface area contributed by atoms with Crippen molar-refractivity contribution in [2.24, 2.45) is 5.10 Å². The zero-order valence-electron chi connectivity index (χ0n) is 17.4. The van der Waals surface area contributed by atoms with E-state index in [1.165, 1.54) is 0 Å². The van der Waals surface area contributed by atoms with E-state index >= 15 is 0 Å². The molecule has 0 unspecified atom stereocenters. The molecule has 2 atom stereocenters. The van der Waals surface area contributed by atoms with Gasteiger partial charge in [0.15, 0.2) is 11.5 Å². The second-order valence-corrected chi connectivity index (χ2v) is 7.95.